The van der Waals surface area contributed by atoms with Crippen molar-refractivity contribution in [1.29, 1.82) is 0 Å². The Morgan fingerprint density at radius 2 is 2.26 bits per heavy atom. The number of carbonyl (C=O) groups excluding carboxylic acids is 1. The van der Waals surface area contributed by atoms with Gasteiger partial charge in [-0.25, -0.2) is 4.79 Å². The standard InChI is InChI=1S/C15H22N2O2/c1-3-19-15(18)13-10-12(16)7-8-14(13)17-9-5-4-6-11(17)2/h7-8,10-11H,3-6,9,16H2,1-2H3/t11-/m1/s1. The minimum atomic E-state index is -0.289. The Bertz CT molecular complexity index is 459. The number of nitrogen functional groups attached to an aromatic ring is 1. The second-order valence-electron chi connectivity index (χ2n) is 5.04. The lowest BCUT2D eigenvalue weighted by Gasteiger charge is -2.36. The molecule has 0 unspecified atom stereocenters. The number of carbonyl (C=O) groups is 1. The van der Waals surface area contributed by atoms with Gasteiger partial charge in [0.25, 0.3) is 0 Å². The van der Waals surface area contributed by atoms with E-state index in [9.17, 15) is 4.79 Å². The molecule has 1 aliphatic rings. The van der Waals surface area contributed by atoms with E-state index in [2.05, 4.69) is 11.8 Å². The normalized spacial score (nSPS) is 19.3. The highest BCUT2D eigenvalue weighted by Crippen LogP contribution is 2.29. The van der Waals surface area contributed by atoms with Crippen molar-refractivity contribution in [3.63, 3.8) is 0 Å². The fourth-order valence-electron chi connectivity index (χ4n) is 2.63. The minimum Gasteiger partial charge on any atom is -0.462 e. The van der Waals surface area contributed by atoms with Crippen molar-refractivity contribution in [2.24, 2.45) is 0 Å². The molecule has 104 valence electrons. The summed E-state index contributed by atoms with van der Waals surface area (Å²) in [4.78, 5) is 14.3. The highest BCUT2D eigenvalue weighted by Gasteiger charge is 2.23. The van der Waals surface area contributed by atoms with Crippen LogP contribution >= 0.6 is 0 Å². The third-order valence-corrected chi connectivity index (χ3v) is 3.63. The summed E-state index contributed by atoms with van der Waals surface area (Å²) in [5.41, 5.74) is 7.92. The molecule has 1 heterocycles. The van der Waals surface area contributed by atoms with Gasteiger partial charge in [-0.15, -0.1) is 0 Å². The number of ether oxygens (including phenoxy) is 1. The van der Waals surface area contributed by atoms with Crippen molar-refractivity contribution in [2.45, 2.75) is 39.2 Å². The molecular formula is C15H22N2O2. The number of anilines is 2. The predicted molar refractivity (Wildman–Crippen MR) is 77.5 cm³/mol. The van der Waals surface area contributed by atoms with E-state index >= 15 is 0 Å². The van der Waals surface area contributed by atoms with Gasteiger partial charge in [-0.3, -0.25) is 0 Å². The highest BCUT2D eigenvalue weighted by atomic mass is 16.5. The van der Waals surface area contributed by atoms with Crippen LogP contribution in [0.2, 0.25) is 0 Å². The Hall–Kier alpha value is -1.71. The van der Waals surface area contributed by atoms with Crippen molar-refractivity contribution < 1.29 is 9.53 Å². The van der Waals surface area contributed by atoms with Crippen LogP contribution in [0.4, 0.5) is 11.4 Å². The molecule has 1 fully saturated rings. The maximum atomic E-state index is 12.1. The fraction of sp³-hybridized carbons (Fsp3) is 0.533. The molecule has 0 aromatic heterocycles. The van der Waals surface area contributed by atoms with Crippen LogP contribution in [0.3, 0.4) is 0 Å². The minimum absolute atomic E-state index is 0.289. The third kappa shape index (κ3) is 3.00. The summed E-state index contributed by atoms with van der Waals surface area (Å²) in [5.74, 6) is -0.289. The van der Waals surface area contributed by atoms with E-state index in [1.54, 1.807) is 6.07 Å². The number of hydrogen-bond donors (Lipinski definition) is 1. The van der Waals surface area contributed by atoms with E-state index in [1.807, 2.05) is 19.1 Å². The second kappa shape index (κ2) is 5.95. The average molecular weight is 262 g/mol. The van der Waals surface area contributed by atoms with E-state index in [0.717, 1.165) is 25.1 Å². The highest BCUT2D eigenvalue weighted by molar-refractivity contribution is 5.97. The maximum absolute atomic E-state index is 12.1. The molecule has 1 aromatic carbocycles. The second-order valence-corrected chi connectivity index (χ2v) is 5.04. The molecule has 2 rings (SSSR count). The fourth-order valence-corrected chi connectivity index (χ4v) is 2.63. The molecular weight excluding hydrogens is 240 g/mol. The molecule has 0 spiro atoms. The van der Waals surface area contributed by atoms with E-state index < -0.39 is 0 Å². The largest absolute Gasteiger partial charge is 0.462 e. The molecule has 1 aliphatic heterocycles. The molecule has 2 N–H and O–H groups in total. The summed E-state index contributed by atoms with van der Waals surface area (Å²) in [6.07, 6.45) is 3.57. The number of piperidine rings is 1. The van der Waals surface area contributed by atoms with E-state index in [-0.39, 0.29) is 5.97 Å². The predicted octanol–water partition coefficient (Wildman–Crippen LogP) is 2.82. The van der Waals surface area contributed by atoms with Crippen LogP contribution < -0.4 is 10.6 Å². The van der Waals surface area contributed by atoms with Crippen LogP contribution in [0.1, 0.15) is 43.5 Å². The summed E-state index contributed by atoms with van der Waals surface area (Å²) in [6.45, 7) is 5.37. The Morgan fingerprint density at radius 1 is 1.47 bits per heavy atom. The average Bonchev–Trinajstić information content (AvgIpc) is 2.40. The Morgan fingerprint density at radius 3 is 2.95 bits per heavy atom. The van der Waals surface area contributed by atoms with Gasteiger partial charge in [0, 0.05) is 18.3 Å². The van der Waals surface area contributed by atoms with Gasteiger partial charge >= 0.3 is 5.97 Å². The van der Waals surface area contributed by atoms with E-state index in [1.165, 1.54) is 6.42 Å². The number of hydrogen-bond acceptors (Lipinski definition) is 4. The van der Waals surface area contributed by atoms with Gasteiger partial charge in [-0.05, 0) is 51.3 Å². The van der Waals surface area contributed by atoms with Crippen LogP contribution in [0.5, 0.6) is 0 Å². The zero-order chi connectivity index (χ0) is 13.8. The Labute approximate surface area is 114 Å². The van der Waals surface area contributed by atoms with Crippen LogP contribution in [0.25, 0.3) is 0 Å². The maximum Gasteiger partial charge on any atom is 0.340 e. The quantitative estimate of drug-likeness (QED) is 0.672. The Balaban J connectivity index is 2.35. The van der Waals surface area contributed by atoms with Crippen LogP contribution in [-0.4, -0.2) is 25.2 Å². The van der Waals surface area contributed by atoms with Crippen molar-refractivity contribution in [2.75, 3.05) is 23.8 Å². The Kier molecular flexibility index (Phi) is 4.30. The van der Waals surface area contributed by atoms with Crippen molar-refractivity contribution in [1.82, 2.24) is 0 Å². The SMILES string of the molecule is CCOC(=O)c1cc(N)ccc1N1CCCC[C@H]1C. The lowest BCUT2D eigenvalue weighted by atomic mass is 10.0. The van der Waals surface area contributed by atoms with Gasteiger partial charge in [-0.1, -0.05) is 0 Å². The molecule has 1 aromatic rings. The number of nitrogens with zero attached hydrogens (tertiary/aromatic N) is 1. The van der Waals surface area contributed by atoms with Gasteiger partial charge in [0.2, 0.25) is 0 Å². The monoisotopic (exact) mass is 262 g/mol. The lowest BCUT2D eigenvalue weighted by Crippen LogP contribution is -2.38. The van der Waals surface area contributed by atoms with Crippen LogP contribution in [0.15, 0.2) is 18.2 Å². The molecule has 4 nitrogen and oxygen atoms in total. The summed E-state index contributed by atoms with van der Waals surface area (Å²) < 4.78 is 5.13. The first-order chi connectivity index (χ1) is 9.13. The molecule has 0 aliphatic carbocycles. The molecule has 0 saturated carbocycles. The summed E-state index contributed by atoms with van der Waals surface area (Å²) >= 11 is 0. The third-order valence-electron chi connectivity index (χ3n) is 3.63. The lowest BCUT2D eigenvalue weighted by molar-refractivity contribution is 0.0527. The summed E-state index contributed by atoms with van der Waals surface area (Å²) in [7, 11) is 0. The smallest absolute Gasteiger partial charge is 0.340 e. The van der Waals surface area contributed by atoms with Crippen LogP contribution in [-0.2, 0) is 4.74 Å². The number of rotatable bonds is 3. The zero-order valence-electron chi connectivity index (χ0n) is 11.7. The van der Waals surface area contributed by atoms with Gasteiger partial charge in [0.15, 0.2) is 0 Å². The molecule has 4 heteroatoms. The molecule has 1 saturated heterocycles. The first-order valence-corrected chi connectivity index (χ1v) is 6.96. The molecule has 0 bridgehead atoms. The molecule has 19 heavy (non-hydrogen) atoms. The van der Waals surface area contributed by atoms with E-state index in [0.29, 0.717) is 23.9 Å². The van der Waals surface area contributed by atoms with Crippen molar-refractivity contribution in [3.05, 3.63) is 23.8 Å². The first kappa shape index (κ1) is 13.7. The van der Waals surface area contributed by atoms with Crippen molar-refractivity contribution >= 4 is 17.3 Å². The van der Waals surface area contributed by atoms with Gasteiger partial charge in [0.1, 0.15) is 0 Å². The summed E-state index contributed by atoms with van der Waals surface area (Å²) in [5, 5.41) is 0. The number of benzene rings is 1. The van der Waals surface area contributed by atoms with E-state index in [4.69, 9.17) is 10.5 Å². The van der Waals surface area contributed by atoms with Gasteiger partial charge in [-0.2, -0.15) is 0 Å². The first-order valence-electron chi connectivity index (χ1n) is 6.96. The number of esters is 1. The van der Waals surface area contributed by atoms with Crippen LogP contribution in [0, 0.1) is 0 Å². The van der Waals surface area contributed by atoms with Gasteiger partial charge < -0.3 is 15.4 Å². The molecule has 0 radical (unpaired) electrons. The zero-order valence-corrected chi connectivity index (χ0v) is 11.7. The molecule has 1 atom stereocenters. The van der Waals surface area contributed by atoms with Gasteiger partial charge in [0.05, 0.1) is 17.9 Å². The summed E-state index contributed by atoms with van der Waals surface area (Å²) in [6, 6.07) is 5.95. The molecule has 0 amide bonds. The number of nitrogens with two attached hydrogens (primary N) is 1. The van der Waals surface area contributed by atoms with Crippen molar-refractivity contribution in [3.8, 4) is 0 Å². The topological polar surface area (TPSA) is 55.6 Å².